The lowest BCUT2D eigenvalue weighted by Gasteiger charge is -2.33. The Kier molecular flexibility index (Phi) is 6.91. The number of pyridine rings is 1. The van der Waals surface area contributed by atoms with Crippen molar-refractivity contribution in [3.8, 4) is 0 Å². The van der Waals surface area contributed by atoms with E-state index in [1.807, 2.05) is 11.0 Å². The molecule has 4 nitrogen and oxygen atoms in total. The number of anilines is 1. The van der Waals surface area contributed by atoms with Crippen molar-refractivity contribution in [2.75, 3.05) is 18.0 Å². The first-order chi connectivity index (χ1) is 14.1. The minimum absolute atomic E-state index is 0.107. The number of amides is 1. The predicted molar refractivity (Wildman–Crippen MR) is 112 cm³/mol. The lowest BCUT2D eigenvalue weighted by molar-refractivity contribution is -0.141. The van der Waals surface area contributed by atoms with Crippen LogP contribution >= 0.6 is 11.6 Å². The molecule has 0 saturated carbocycles. The van der Waals surface area contributed by atoms with Crippen LogP contribution in [0.5, 0.6) is 0 Å². The highest BCUT2D eigenvalue weighted by atomic mass is 35.5. The summed E-state index contributed by atoms with van der Waals surface area (Å²) in [5, 5.41) is 3.38. The van der Waals surface area contributed by atoms with E-state index in [1.54, 1.807) is 25.1 Å². The summed E-state index contributed by atoms with van der Waals surface area (Å²) in [5.74, 6) is 0.168. The molecule has 2 heterocycles. The van der Waals surface area contributed by atoms with Crippen molar-refractivity contribution in [1.29, 1.82) is 0 Å². The Hall–Kier alpha value is -2.28. The summed E-state index contributed by atoms with van der Waals surface area (Å²) in [6.07, 6.45) is -2.72. The third-order valence-electron chi connectivity index (χ3n) is 5.52. The number of aromatic nitrogens is 1. The van der Waals surface area contributed by atoms with Crippen molar-refractivity contribution in [2.24, 2.45) is 5.92 Å². The number of hydrogen-bond acceptors (Lipinski definition) is 3. The molecule has 1 aliphatic rings. The van der Waals surface area contributed by atoms with Crippen LogP contribution in [0.1, 0.15) is 49.4 Å². The van der Waals surface area contributed by atoms with Gasteiger partial charge < -0.3 is 10.2 Å². The topological polar surface area (TPSA) is 45.2 Å². The maximum Gasteiger partial charge on any atom is 0.433 e. The van der Waals surface area contributed by atoms with E-state index in [1.165, 1.54) is 6.07 Å². The standard InChI is InChI=1S/C22H25ClF3N3O/c1-14-8-10-29(11-9-14)20-17(6-7-19(28-20)22(24,25)26)13-27-21(30)15(2)16-4-3-5-18(23)12-16/h3-7,12,14-15H,8-11,13H2,1-2H3,(H,27,30). The van der Waals surface area contributed by atoms with Crippen LogP contribution in [0.25, 0.3) is 0 Å². The van der Waals surface area contributed by atoms with E-state index in [9.17, 15) is 18.0 Å². The first-order valence-electron chi connectivity index (χ1n) is 10.0. The van der Waals surface area contributed by atoms with E-state index >= 15 is 0 Å². The smallest absolute Gasteiger partial charge is 0.356 e. The molecule has 1 saturated heterocycles. The van der Waals surface area contributed by atoms with E-state index in [0.717, 1.165) is 24.5 Å². The molecule has 162 valence electrons. The molecular formula is C22H25ClF3N3O. The molecule has 30 heavy (non-hydrogen) atoms. The molecule has 0 spiro atoms. The van der Waals surface area contributed by atoms with Crippen molar-refractivity contribution in [3.05, 3.63) is 58.2 Å². The highest BCUT2D eigenvalue weighted by Crippen LogP contribution is 2.32. The van der Waals surface area contributed by atoms with E-state index in [4.69, 9.17) is 11.6 Å². The quantitative estimate of drug-likeness (QED) is 0.677. The van der Waals surface area contributed by atoms with Gasteiger partial charge in [-0.1, -0.05) is 36.7 Å². The van der Waals surface area contributed by atoms with Gasteiger partial charge >= 0.3 is 6.18 Å². The second-order valence-electron chi connectivity index (χ2n) is 7.84. The normalized spacial score (nSPS) is 16.4. The monoisotopic (exact) mass is 439 g/mol. The molecule has 0 radical (unpaired) electrons. The molecule has 1 unspecified atom stereocenters. The fourth-order valence-electron chi connectivity index (χ4n) is 3.53. The maximum atomic E-state index is 13.2. The van der Waals surface area contributed by atoms with E-state index in [-0.39, 0.29) is 12.5 Å². The molecule has 0 bridgehead atoms. The lowest BCUT2D eigenvalue weighted by Crippen LogP contribution is -2.35. The van der Waals surface area contributed by atoms with Crippen molar-refractivity contribution in [1.82, 2.24) is 10.3 Å². The third kappa shape index (κ3) is 5.45. The number of nitrogens with one attached hydrogen (secondary N) is 1. The van der Waals surface area contributed by atoms with Crippen molar-refractivity contribution in [2.45, 2.75) is 45.3 Å². The zero-order valence-electron chi connectivity index (χ0n) is 17.0. The fourth-order valence-corrected chi connectivity index (χ4v) is 3.73. The molecule has 1 atom stereocenters. The van der Waals surface area contributed by atoms with Gasteiger partial charge in [0.05, 0.1) is 5.92 Å². The van der Waals surface area contributed by atoms with Crippen LogP contribution in [0.2, 0.25) is 5.02 Å². The lowest BCUT2D eigenvalue weighted by atomic mass is 9.98. The summed E-state index contributed by atoms with van der Waals surface area (Å²) in [6.45, 7) is 5.30. The van der Waals surface area contributed by atoms with Crippen LogP contribution in [0.3, 0.4) is 0 Å². The largest absolute Gasteiger partial charge is 0.433 e. The van der Waals surface area contributed by atoms with Gasteiger partial charge in [-0.15, -0.1) is 0 Å². The minimum atomic E-state index is -4.51. The SMILES string of the molecule is CC1CCN(c2nc(C(F)(F)F)ccc2CNC(=O)C(C)c2cccc(Cl)c2)CC1. The Labute approximate surface area is 179 Å². The zero-order chi connectivity index (χ0) is 21.9. The molecule has 1 aromatic carbocycles. The fraction of sp³-hybridized carbons (Fsp3) is 0.455. The third-order valence-corrected chi connectivity index (χ3v) is 5.76. The van der Waals surface area contributed by atoms with Crippen molar-refractivity contribution >= 4 is 23.3 Å². The molecule has 0 aliphatic carbocycles. The molecule has 2 aromatic rings. The van der Waals surface area contributed by atoms with E-state index in [2.05, 4.69) is 17.2 Å². The zero-order valence-corrected chi connectivity index (χ0v) is 17.7. The van der Waals surface area contributed by atoms with Crippen LogP contribution in [0, 0.1) is 5.92 Å². The van der Waals surface area contributed by atoms with Crippen molar-refractivity contribution in [3.63, 3.8) is 0 Å². The average molecular weight is 440 g/mol. The Bertz CT molecular complexity index is 895. The first-order valence-corrected chi connectivity index (χ1v) is 10.4. The van der Waals surface area contributed by atoms with Gasteiger partial charge in [0.25, 0.3) is 0 Å². The van der Waals surface area contributed by atoms with E-state index in [0.29, 0.717) is 35.4 Å². The Balaban J connectivity index is 1.78. The molecule has 1 aliphatic heterocycles. The number of carbonyl (C=O) groups excluding carboxylic acids is 1. The molecule has 1 fully saturated rings. The number of halogens is 4. The summed E-state index contributed by atoms with van der Waals surface area (Å²) in [7, 11) is 0. The van der Waals surface area contributed by atoms with Gasteiger partial charge in [0.2, 0.25) is 5.91 Å². The van der Waals surface area contributed by atoms with Gasteiger partial charge in [0.15, 0.2) is 0 Å². The van der Waals surface area contributed by atoms with Crippen LogP contribution in [0.4, 0.5) is 19.0 Å². The number of nitrogens with zero attached hydrogens (tertiary/aromatic N) is 2. The van der Waals surface area contributed by atoms with Gasteiger partial charge in [-0.2, -0.15) is 13.2 Å². The Morgan fingerprint density at radius 1 is 1.27 bits per heavy atom. The molecule has 1 aromatic heterocycles. The van der Waals surface area contributed by atoms with Crippen LogP contribution < -0.4 is 10.2 Å². The van der Waals surface area contributed by atoms with Crippen LogP contribution in [-0.4, -0.2) is 24.0 Å². The summed E-state index contributed by atoms with van der Waals surface area (Å²) in [6, 6.07) is 9.43. The summed E-state index contributed by atoms with van der Waals surface area (Å²) >= 11 is 6.00. The number of piperidine rings is 1. The van der Waals surface area contributed by atoms with Gasteiger partial charge in [-0.25, -0.2) is 4.98 Å². The molecule has 3 rings (SSSR count). The van der Waals surface area contributed by atoms with Gasteiger partial charge in [-0.3, -0.25) is 4.79 Å². The predicted octanol–water partition coefficient (Wildman–Crippen LogP) is 5.41. The van der Waals surface area contributed by atoms with Crippen LogP contribution in [-0.2, 0) is 17.5 Å². The number of benzene rings is 1. The molecule has 1 N–H and O–H groups in total. The number of hydrogen-bond donors (Lipinski definition) is 1. The summed E-state index contributed by atoms with van der Waals surface area (Å²) < 4.78 is 39.6. The summed E-state index contributed by atoms with van der Waals surface area (Å²) in [4.78, 5) is 18.4. The maximum absolute atomic E-state index is 13.2. The second-order valence-corrected chi connectivity index (χ2v) is 8.28. The van der Waals surface area contributed by atoms with Crippen molar-refractivity contribution < 1.29 is 18.0 Å². The molecule has 1 amide bonds. The van der Waals surface area contributed by atoms with Gasteiger partial charge in [0, 0.05) is 30.2 Å². The molecule has 8 heteroatoms. The van der Waals surface area contributed by atoms with E-state index < -0.39 is 17.8 Å². The first kappa shape index (κ1) is 22.4. The second kappa shape index (κ2) is 9.25. The number of rotatable bonds is 5. The highest BCUT2D eigenvalue weighted by Gasteiger charge is 2.34. The summed E-state index contributed by atoms with van der Waals surface area (Å²) in [5.41, 5.74) is 0.429. The Morgan fingerprint density at radius 2 is 1.97 bits per heavy atom. The van der Waals surface area contributed by atoms with Gasteiger partial charge in [0.1, 0.15) is 11.5 Å². The average Bonchev–Trinajstić information content (AvgIpc) is 2.71. The number of alkyl halides is 3. The van der Waals surface area contributed by atoms with Crippen LogP contribution in [0.15, 0.2) is 36.4 Å². The minimum Gasteiger partial charge on any atom is -0.356 e. The highest BCUT2D eigenvalue weighted by molar-refractivity contribution is 6.30. The van der Waals surface area contributed by atoms with Gasteiger partial charge in [-0.05, 0) is 49.4 Å². The molecular weight excluding hydrogens is 415 g/mol. The Morgan fingerprint density at radius 3 is 2.60 bits per heavy atom. The number of carbonyl (C=O) groups is 1.